The lowest BCUT2D eigenvalue weighted by Crippen LogP contribution is -2.30. The average Bonchev–Trinajstić information content (AvgIpc) is 0.899. The largest absolute Gasteiger partial charge is 0.472 e. The summed E-state index contributed by atoms with van der Waals surface area (Å²) in [5, 5.41) is 10.7. The van der Waals surface area contributed by atoms with Gasteiger partial charge in [-0.1, -0.05) is 421 Å². The van der Waals surface area contributed by atoms with Gasteiger partial charge in [-0.05, 0) is 49.4 Å². The number of unbranched alkanes of at least 4 members (excludes halogenated alkanes) is 52. The molecule has 0 rings (SSSR count). The van der Waals surface area contributed by atoms with Crippen LogP contribution in [0.25, 0.3) is 0 Å². The monoisotopic (exact) mass is 1590 g/mol. The molecular formula is C90H176O17P2. The third-order valence-corrected chi connectivity index (χ3v) is 23.3. The molecule has 0 spiro atoms. The van der Waals surface area contributed by atoms with E-state index in [4.69, 9.17) is 37.0 Å². The molecule has 6 atom stereocenters. The zero-order chi connectivity index (χ0) is 80.2. The molecule has 19 heteroatoms. The lowest BCUT2D eigenvalue weighted by atomic mass is 9.99. The Balaban J connectivity index is 5.20. The number of carbonyl (C=O) groups excluding carboxylic acids is 4. The van der Waals surface area contributed by atoms with Gasteiger partial charge in [0.05, 0.1) is 26.4 Å². The van der Waals surface area contributed by atoms with Crippen LogP contribution in [0.2, 0.25) is 0 Å². The molecule has 0 saturated carbocycles. The predicted octanol–water partition coefficient (Wildman–Crippen LogP) is 27.5. The third-order valence-electron chi connectivity index (χ3n) is 21.4. The van der Waals surface area contributed by atoms with E-state index in [1.807, 2.05) is 0 Å². The molecule has 0 aliphatic heterocycles. The van der Waals surface area contributed by atoms with Crippen molar-refractivity contribution in [1.82, 2.24) is 0 Å². The highest BCUT2D eigenvalue weighted by molar-refractivity contribution is 7.47. The van der Waals surface area contributed by atoms with E-state index in [1.165, 1.54) is 270 Å². The van der Waals surface area contributed by atoms with Crippen molar-refractivity contribution in [3.05, 3.63) is 0 Å². The minimum absolute atomic E-state index is 0.107. The van der Waals surface area contributed by atoms with E-state index in [0.717, 1.165) is 114 Å². The highest BCUT2D eigenvalue weighted by Crippen LogP contribution is 2.45. The quantitative estimate of drug-likeness (QED) is 0.0222. The van der Waals surface area contributed by atoms with E-state index < -0.39 is 97.5 Å². The molecular weight excluding hydrogens is 1410 g/mol. The van der Waals surface area contributed by atoms with Crippen LogP contribution in [-0.4, -0.2) is 96.7 Å². The molecule has 0 aromatic heterocycles. The maximum atomic E-state index is 13.2. The minimum atomic E-state index is -4.97. The average molecular weight is 1590 g/mol. The minimum Gasteiger partial charge on any atom is -0.462 e. The van der Waals surface area contributed by atoms with Gasteiger partial charge in [0.1, 0.15) is 19.3 Å². The highest BCUT2D eigenvalue weighted by atomic mass is 31.2. The molecule has 0 aromatic carbocycles. The lowest BCUT2D eigenvalue weighted by molar-refractivity contribution is -0.161. The number of hydrogen-bond donors (Lipinski definition) is 3. The van der Waals surface area contributed by atoms with Crippen molar-refractivity contribution in [3.8, 4) is 0 Å². The van der Waals surface area contributed by atoms with Gasteiger partial charge in [0.25, 0.3) is 0 Å². The number of phosphoric ester groups is 2. The van der Waals surface area contributed by atoms with Crippen molar-refractivity contribution in [3.63, 3.8) is 0 Å². The van der Waals surface area contributed by atoms with Crippen LogP contribution < -0.4 is 0 Å². The number of esters is 4. The Kier molecular flexibility index (Phi) is 77.2. The number of carbonyl (C=O) groups is 4. The summed E-state index contributed by atoms with van der Waals surface area (Å²) in [5.74, 6) is 1.07. The van der Waals surface area contributed by atoms with Crippen LogP contribution in [0.15, 0.2) is 0 Å². The van der Waals surface area contributed by atoms with Gasteiger partial charge in [-0.15, -0.1) is 0 Å². The van der Waals surface area contributed by atoms with Crippen molar-refractivity contribution < 1.29 is 80.2 Å². The number of ether oxygens (including phenoxy) is 4. The van der Waals surface area contributed by atoms with Crippen molar-refractivity contribution in [2.45, 2.75) is 491 Å². The van der Waals surface area contributed by atoms with E-state index in [1.54, 1.807) is 0 Å². The molecule has 0 radical (unpaired) electrons. The predicted molar refractivity (Wildman–Crippen MR) is 451 cm³/mol. The van der Waals surface area contributed by atoms with Crippen LogP contribution in [0.4, 0.5) is 0 Å². The van der Waals surface area contributed by atoms with Crippen LogP contribution in [0.3, 0.4) is 0 Å². The molecule has 0 aliphatic carbocycles. The molecule has 0 fully saturated rings. The molecule has 0 heterocycles. The fraction of sp³-hybridized carbons (Fsp3) is 0.956. The number of phosphoric acid groups is 2. The second kappa shape index (κ2) is 78.6. The lowest BCUT2D eigenvalue weighted by Gasteiger charge is -2.21. The highest BCUT2D eigenvalue weighted by Gasteiger charge is 2.31. The van der Waals surface area contributed by atoms with Crippen LogP contribution in [0.5, 0.6) is 0 Å². The molecule has 0 aliphatic rings. The molecule has 0 saturated heterocycles. The summed E-state index contributed by atoms with van der Waals surface area (Å²) < 4.78 is 69.0. The zero-order valence-corrected chi connectivity index (χ0v) is 74.0. The topological polar surface area (TPSA) is 237 Å². The smallest absolute Gasteiger partial charge is 0.462 e. The van der Waals surface area contributed by atoms with E-state index in [-0.39, 0.29) is 25.7 Å². The second-order valence-corrected chi connectivity index (χ2v) is 36.9. The van der Waals surface area contributed by atoms with Crippen LogP contribution in [0.1, 0.15) is 473 Å². The van der Waals surface area contributed by atoms with E-state index in [0.29, 0.717) is 31.6 Å². The first-order valence-electron chi connectivity index (χ1n) is 46.2. The molecule has 0 amide bonds. The Bertz CT molecular complexity index is 2110. The summed E-state index contributed by atoms with van der Waals surface area (Å²) in [6.07, 6.45) is 69.7. The normalized spacial score (nSPS) is 14.1. The molecule has 0 bridgehead atoms. The Hall–Kier alpha value is -1.94. The third kappa shape index (κ3) is 82.4. The number of hydrogen-bond acceptors (Lipinski definition) is 15. The van der Waals surface area contributed by atoms with Crippen LogP contribution in [0, 0.1) is 23.7 Å². The Morgan fingerprint density at radius 3 is 0.651 bits per heavy atom. The fourth-order valence-electron chi connectivity index (χ4n) is 14.0. The van der Waals surface area contributed by atoms with E-state index in [2.05, 4.69) is 55.4 Å². The van der Waals surface area contributed by atoms with Crippen molar-refractivity contribution >= 4 is 39.5 Å². The maximum absolute atomic E-state index is 13.2. The maximum Gasteiger partial charge on any atom is 0.472 e. The van der Waals surface area contributed by atoms with Gasteiger partial charge in [0.15, 0.2) is 12.2 Å². The summed E-state index contributed by atoms with van der Waals surface area (Å²) in [5.41, 5.74) is 0. The summed E-state index contributed by atoms with van der Waals surface area (Å²) in [4.78, 5) is 73.3. The second-order valence-electron chi connectivity index (χ2n) is 34.0. The fourth-order valence-corrected chi connectivity index (χ4v) is 15.6. The number of aliphatic hydroxyl groups is 1. The van der Waals surface area contributed by atoms with Gasteiger partial charge in [-0.2, -0.15) is 0 Å². The number of aliphatic hydroxyl groups excluding tert-OH is 1. The van der Waals surface area contributed by atoms with Gasteiger partial charge in [-0.3, -0.25) is 37.3 Å². The summed E-state index contributed by atoms with van der Waals surface area (Å²) >= 11 is 0. The summed E-state index contributed by atoms with van der Waals surface area (Å²) in [6, 6.07) is 0. The Morgan fingerprint density at radius 1 is 0.257 bits per heavy atom. The zero-order valence-electron chi connectivity index (χ0n) is 72.2. The summed E-state index contributed by atoms with van der Waals surface area (Å²) in [7, 11) is -9.93. The molecule has 17 nitrogen and oxygen atoms in total. The van der Waals surface area contributed by atoms with Gasteiger partial charge >= 0.3 is 39.5 Å². The molecule has 4 unspecified atom stereocenters. The summed E-state index contributed by atoms with van der Waals surface area (Å²) in [6.45, 7) is 14.4. The molecule has 648 valence electrons. The molecule has 3 N–H and O–H groups in total. The standard InChI is InChI=1S/C90H176O17P2/c1-9-83(8)69-61-53-44-38-32-26-20-12-10-11-13-21-27-33-39-45-54-62-70-87(92)100-76-85(106-89(94)72-64-56-46-40-34-28-22-16-14-18-24-30-36-42-50-58-66-80(2)3)78-104-108(96,97)102-74-84(91)75-103-109(98,99)105-79-86(77-101-88(93)71-63-55-49-48-52-60-68-82(6)7)107-90(95)73-65-57-47-41-35-29-23-17-15-19-25-31-37-43-51-59-67-81(4)5/h80-86,91H,9-79H2,1-8H3,(H,96,97)(H,98,99)/t83?,84?,85-,86-/m1/s1. The first-order chi connectivity index (χ1) is 52.6. The van der Waals surface area contributed by atoms with Crippen molar-refractivity contribution in [2.75, 3.05) is 39.6 Å². The van der Waals surface area contributed by atoms with Gasteiger partial charge in [-0.25, -0.2) is 9.13 Å². The van der Waals surface area contributed by atoms with Crippen LogP contribution >= 0.6 is 15.6 Å². The molecule has 109 heavy (non-hydrogen) atoms. The Labute approximate surface area is 670 Å². The van der Waals surface area contributed by atoms with Crippen molar-refractivity contribution in [2.24, 2.45) is 23.7 Å². The van der Waals surface area contributed by atoms with Gasteiger partial charge in [0.2, 0.25) is 0 Å². The van der Waals surface area contributed by atoms with Gasteiger partial charge in [0, 0.05) is 25.7 Å². The first kappa shape index (κ1) is 107. The molecule has 0 aromatic rings. The Morgan fingerprint density at radius 2 is 0.440 bits per heavy atom. The van der Waals surface area contributed by atoms with Crippen LogP contribution in [-0.2, 0) is 65.4 Å². The van der Waals surface area contributed by atoms with E-state index in [9.17, 15) is 43.2 Å². The number of rotatable bonds is 87. The van der Waals surface area contributed by atoms with E-state index >= 15 is 0 Å². The van der Waals surface area contributed by atoms with Gasteiger partial charge < -0.3 is 33.8 Å². The van der Waals surface area contributed by atoms with Crippen molar-refractivity contribution in [1.29, 1.82) is 0 Å². The SMILES string of the molecule is CCC(C)CCCCCCCCCCCCCCCCCCCCC(=O)OC[C@H](COP(=O)(O)OCC(O)COP(=O)(O)OC[C@@H](COC(=O)CCCCCCCCC(C)C)OC(=O)CCCCCCCCCCCCCCCCCCC(C)C)OC(=O)CCCCCCCCCCCCCCCCCCC(C)C. The first-order valence-corrected chi connectivity index (χ1v) is 49.2.